The first kappa shape index (κ1) is 11.4. The quantitative estimate of drug-likeness (QED) is 0.787. The summed E-state index contributed by atoms with van der Waals surface area (Å²) in [5, 5.41) is 9.17. The van der Waals surface area contributed by atoms with E-state index >= 15 is 0 Å². The molecule has 1 rings (SSSR count). The van der Waals surface area contributed by atoms with Gasteiger partial charge in [-0.1, -0.05) is 6.08 Å². The van der Waals surface area contributed by atoms with E-state index in [1.807, 2.05) is 0 Å². The number of aromatic nitrogens is 1. The maximum Gasteiger partial charge on any atom is 0.347 e. The number of methoxy groups -OCH3 is 1. The Labute approximate surface area is 90.0 Å². The van der Waals surface area contributed by atoms with Gasteiger partial charge in [0.2, 0.25) is 0 Å². The van der Waals surface area contributed by atoms with Crippen LogP contribution in [-0.4, -0.2) is 29.1 Å². The minimum Gasteiger partial charge on any atom is -0.477 e. The lowest BCUT2D eigenvalue weighted by molar-refractivity contribution is -0.139. The Hall–Kier alpha value is -1.69. The number of nitrogens with zero attached hydrogens (tertiary/aromatic N) is 1. The summed E-state index contributed by atoms with van der Waals surface area (Å²) < 4.78 is 4.43. The largest absolute Gasteiger partial charge is 0.477 e. The molecule has 1 N–H and O–H groups in total. The highest BCUT2D eigenvalue weighted by Crippen LogP contribution is 2.14. The number of carboxylic acids is 1. The van der Waals surface area contributed by atoms with Gasteiger partial charge >= 0.3 is 11.9 Å². The number of carbonyl (C=O) groups is 2. The molecule has 15 heavy (non-hydrogen) atoms. The van der Waals surface area contributed by atoms with Crippen LogP contribution in [-0.2, 0) is 9.53 Å². The van der Waals surface area contributed by atoms with Crippen molar-refractivity contribution < 1.29 is 19.4 Å². The van der Waals surface area contributed by atoms with Crippen molar-refractivity contribution in [3.8, 4) is 0 Å². The first-order chi connectivity index (χ1) is 7.13. The van der Waals surface area contributed by atoms with Crippen LogP contribution in [0.25, 0.3) is 6.08 Å². The SMILES string of the molecule is COC(=O)CC=Cc1ncc(C(=O)O)s1. The van der Waals surface area contributed by atoms with Crippen molar-refractivity contribution in [3.05, 3.63) is 22.2 Å². The van der Waals surface area contributed by atoms with Gasteiger partial charge in [0.25, 0.3) is 0 Å². The van der Waals surface area contributed by atoms with E-state index in [0.29, 0.717) is 5.01 Å². The van der Waals surface area contributed by atoms with E-state index in [0.717, 1.165) is 11.3 Å². The minimum atomic E-state index is -1.000. The van der Waals surface area contributed by atoms with Gasteiger partial charge in [0.15, 0.2) is 0 Å². The first-order valence-electron chi connectivity index (χ1n) is 4.06. The zero-order valence-corrected chi connectivity index (χ0v) is 8.78. The second-order valence-corrected chi connectivity index (χ2v) is 3.61. The van der Waals surface area contributed by atoms with Gasteiger partial charge in [-0.2, -0.15) is 0 Å². The molecule has 0 aliphatic rings. The fraction of sp³-hybridized carbons (Fsp3) is 0.222. The summed E-state index contributed by atoms with van der Waals surface area (Å²) in [7, 11) is 1.31. The van der Waals surface area contributed by atoms with Crippen LogP contribution in [0.15, 0.2) is 12.3 Å². The molecule has 0 fully saturated rings. The molecule has 1 aromatic rings. The molecule has 0 bridgehead atoms. The number of carboxylic acid groups (broad SMARTS) is 1. The Kier molecular flexibility index (Phi) is 3.99. The zero-order chi connectivity index (χ0) is 11.3. The van der Waals surface area contributed by atoms with Gasteiger partial charge in [0, 0.05) is 0 Å². The van der Waals surface area contributed by atoms with Gasteiger partial charge in [-0.25, -0.2) is 9.78 Å². The fourth-order valence-electron chi connectivity index (χ4n) is 0.803. The maximum absolute atomic E-state index is 10.7. The van der Waals surface area contributed by atoms with Crippen LogP contribution in [0.1, 0.15) is 21.1 Å². The molecule has 1 aromatic heterocycles. The average Bonchev–Trinajstić information content (AvgIpc) is 2.66. The number of aromatic carboxylic acids is 1. The normalized spacial score (nSPS) is 10.5. The number of carbonyl (C=O) groups excluding carboxylic acids is 1. The van der Waals surface area contributed by atoms with Crippen molar-refractivity contribution in [2.45, 2.75) is 6.42 Å². The smallest absolute Gasteiger partial charge is 0.347 e. The third-order valence-electron chi connectivity index (χ3n) is 1.51. The van der Waals surface area contributed by atoms with E-state index in [9.17, 15) is 9.59 Å². The van der Waals surface area contributed by atoms with E-state index in [4.69, 9.17) is 5.11 Å². The molecule has 0 unspecified atom stereocenters. The Bertz CT molecular complexity index is 397. The second kappa shape index (κ2) is 5.26. The van der Waals surface area contributed by atoms with E-state index in [2.05, 4.69) is 9.72 Å². The summed E-state index contributed by atoms with van der Waals surface area (Å²) in [6, 6.07) is 0. The Morgan fingerprint density at radius 1 is 1.67 bits per heavy atom. The van der Waals surface area contributed by atoms with Crippen LogP contribution < -0.4 is 0 Å². The Morgan fingerprint density at radius 3 is 2.93 bits per heavy atom. The Morgan fingerprint density at radius 2 is 2.40 bits per heavy atom. The number of ether oxygens (including phenoxy) is 1. The molecular formula is C9H9NO4S. The summed E-state index contributed by atoms with van der Waals surface area (Å²) in [6.07, 6.45) is 4.60. The van der Waals surface area contributed by atoms with Crippen molar-refractivity contribution >= 4 is 29.4 Å². The van der Waals surface area contributed by atoms with Crippen LogP contribution >= 0.6 is 11.3 Å². The van der Waals surface area contributed by atoms with E-state index < -0.39 is 5.97 Å². The lowest BCUT2D eigenvalue weighted by Crippen LogP contribution is -1.96. The number of rotatable bonds is 4. The third-order valence-corrected chi connectivity index (χ3v) is 2.46. The first-order valence-corrected chi connectivity index (χ1v) is 4.87. The molecule has 0 aromatic carbocycles. The number of hydrogen-bond acceptors (Lipinski definition) is 5. The monoisotopic (exact) mass is 227 g/mol. The highest BCUT2D eigenvalue weighted by Gasteiger charge is 2.06. The lowest BCUT2D eigenvalue weighted by Gasteiger charge is -1.90. The van der Waals surface area contributed by atoms with Crippen molar-refractivity contribution in [2.24, 2.45) is 0 Å². The van der Waals surface area contributed by atoms with E-state index in [1.165, 1.54) is 13.3 Å². The van der Waals surface area contributed by atoms with Crippen LogP contribution in [0, 0.1) is 0 Å². The standard InChI is InChI=1S/C9H9NO4S/c1-14-8(11)4-2-3-7-10-5-6(15-7)9(12)13/h2-3,5H,4H2,1H3,(H,12,13). The predicted molar refractivity (Wildman–Crippen MR) is 54.7 cm³/mol. The van der Waals surface area contributed by atoms with E-state index in [-0.39, 0.29) is 17.3 Å². The molecular weight excluding hydrogens is 218 g/mol. The molecule has 1 heterocycles. The van der Waals surface area contributed by atoms with Crippen molar-refractivity contribution in [1.29, 1.82) is 0 Å². The molecule has 0 saturated heterocycles. The fourth-order valence-corrected chi connectivity index (χ4v) is 1.49. The van der Waals surface area contributed by atoms with Crippen LogP contribution in [0.2, 0.25) is 0 Å². The van der Waals surface area contributed by atoms with Gasteiger partial charge in [0.05, 0.1) is 19.7 Å². The van der Waals surface area contributed by atoms with E-state index in [1.54, 1.807) is 12.2 Å². The maximum atomic E-state index is 10.7. The summed E-state index contributed by atoms with van der Waals surface area (Å²) in [6.45, 7) is 0. The highest BCUT2D eigenvalue weighted by molar-refractivity contribution is 7.14. The van der Waals surface area contributed by atoms with Crippen LogP contribution in [0.4, 0.5) is 0 Å². The molecule has 0 radical (unpaired) electrons. The Balaban J connectivity index is 2.57. The summed E-state index contributed by atoms with van der Waals surface area (Å²) in [4.78, 5) is 25.3. The van der Waals surface area contributed by atoms with Crippen LogP contribution in [0.5, 0.6) is 0 Å². The van der Waals surface area contributed by atoms with Crippen molar-refractivity contribution in [1.82, 2.24) is 4.98 Å². The molecule has 0 spiro atoms. The minimum absolute atomic E-state index is 0.151. The van der Waals surface area contributed by atoms with Gasteiger partial charge in [-0.05, 0) is 6.08 Å². The van der Waals surface area contributed by atoms with Crippen molar-refractivity contribution in [2.75, 3.05) is 7.11 Å². The predicted octanol–water partition coefficient (Wildman–Crippen LogP) is 1.42. The average molecular weight is 227 g/mol. The summed E-state index contributed by atoms with van der Waals surface area (Å²) >= 11 is 1.05. The zero-order valence-electron chi connectivity index (χ0n) is 7.97. The second-order valence-electron chi connectivity index (χ2n) is 2.55. The van der Waals surface area contributed by atoms with Gasteiger partial charge in [0.1, 0.15) is 9.88 Å². The molecule has 0 aliphatic carbocycles. The molecule has 0 aliphatic heterocycles. The molecule has 0 saturated carbocycles. The van der Waals surface area contributed by atoms with Gasteiger partial charge in [-0.15, -0.1) is 11.3 Å². The van der Waals surface area contributed by atoms with Crippen molar-refractivity contribution in [3.63, 3.8) is 0 Å². The molecule has 0 atom stereocenters. The van der Waals surface area contributed by atoms with Gasteiger partial charge < -0.3 is 9.84 Å². The molecule has 0 amide bonds. The molecule has 5 nitrogen and oxygen atoms in total. The number of thiazole rings is 1. The lowest BCUT2D eigenvalue weighted by atomic mass is 10.4. The highest BCUT2D eigenvalue weighted by atomic mass is 32.1. The topological polar surface area (TPSA) is 76.5 Å². The van der Waals surface area contributed by atoms with Gasteiger partial charge in [-0.3, -0.25) is 4.79 Å². The molecule has 6 heteroatoms. The number of hydrogen-bond donors (Lipinski definition) is 1. The molecule has 80 valence electrons. The third kappa shape index (κ3) is 3.51. The summed E-state index contributed by atoms with van der Waals surface area (Å²) in [5.41, 5.74) is 0. The number of esters is 1. The van der Waals surface area contributed by atoms with Crippen LogP contribution in [0.3, 0.4) is 0 Å². The summed E-state index contributed by atoms with van der Waals surface area (Å²) in [5.74, 6) is -1.35.